The largest absolute Gasteiger partial charge is 0.370 e. The number of H-pyrrole nitrogens is 1. The van der Waals surface area contributed by atoms with Crippen molar-refractivity contribution >= 4 is 9.24 Å². The number of ether oxygens (including phenoxy) is 1. The van der Waals surface area contributed by atoms with Crippen LogP contribution in [-0.4, -0.2) is 22.0 Å². The van der Waals surface area contributed by atoms with E-state index in [1.54, 1.807) is 17.7 Å². The van der Waals surface area contributed by atoms with Crippen molar-refractivity contribution in [3.63, 3.8) is 0 Å². The quantitative estimate of drug-likeness (QED) is 0.633. The predicted octanol–water partition coefficient (Wildman–Crippen LogP) is 0.564. The zero-order valence-corrected chi connectivity index (χ0v) is 10.7. The summed E-state index contributed by atoms with van der Waals surface area (Å²) in [4.78, 5) is 25.2. The molecule has 92 valence electrons. The molecule has 0 aliphatic heterocycles. The highest BCUT2D eigenvalue weighted by Gasteiger charge is 2.21. The highest BCUT2D eigenvalue weighted by Crippen LogP contribution is 2.23. The third kappa shape index (κ3) is 2.56. The summed E-state index contributed by atoms with van der Waals surface area (Å²) in [6, 6.07) is -0.0420. The molecule has 0 bridgehead atoms. The fourth-order valence-corrected chi connectivity index (χ4v) is 2.18. The van der Waals surface area contributed by atoms with Crippen LogP contribution in [0.3, 0.4) is 0 Å². The molecule has 6 heteroatoms. The van der Waals surface area contributed by atoms with E-state index in [0.717, 1.165) is 6.42 Å². The van der Waals surface area contributed by atoms with E-state index >= 15 is 0 Å². The summed E-state index contributed by atoms with van der Waals surface area (Å²) in [7, 11) is 2.50. The van der Waals surface area contributed by atoms with E-state index in [2.05, 4.69) is 14.2 Å². The van der Waals surface area contributed by atoms with Gasteiger partial charge in [0.2, 0.25) is 0 Å². The van der Waals surface area contributed by atoms with Crippen molar-refractivity contribution in [1.29, 1.82) is 0 Å². The van der Waals surface area contributed by atoms with Crippen LogP contribution >= 0.6 is 9.24 Å². The zero-order chi connectivity index (χ0) is 12.4. The topological polar surface area (TPSA) is 64.1 Å². The number of rotatable bonds is 3. The van der Waals surface area contributed by atoms with Gasteiger partial charge in [-0.25, -0.2) is 4.79 Å². The molecule has 1 heterocycles. The molecule has 1 aromatic rings. The second-order valence-corrected chi connectivity index (χ2v) is 4.37. The van der Waals surface area contributed by atoms with E-state index in [9.17, 15) is 9.59 Å². The van der Waals surface area contributed by atoms with Crippen molar-refractivity contribution in [1.82, 2.24) is 9.55 Å². The Bertz CT molecular complexity index is 546. The summed E-state index contributed by atoms with van der Waals surface area (Å²) >= 11 is 0. The maximum atomic E-state index is 11.7. The monoisotopic (exact) mass is 254 g/mol. The van der Waals surface area contributed by atoms with Gasteiger partial charge in [-0.3, -0.25) is 14.3 Å². The van der Waals surface area contributed by atoms with Crippen molar-refractivity contribution < 1.29 is 4.74 Å². The van der Waals surface area contributed by atoms with Crippen LogP contribution in [0.15, 0.2) is 27.9 Å². The van der Waals surface area contributed by atoms with E-state index in [0.29, 0.717) is 11.9 Å². The van der Waals surface area contributed by atoms with Crippen LogP contribution in [0.2, 0.25) is 0 Å². The summed E-state index contributed by atoms with van der Waals surface area (Å²) in [5.74, 6) is 0. The van der Waals surface area contributed by atoms with Gasteiger partial charge in [0.05, 0.1) is 18.5 Å². The third-order valence-electron chi connectivity index (χ3n) is 2.84. The Morgan fingerprint density at radius 1 is 1.53 bits per heavy atom. The molecule has 0 spiro atoms. The number of aromatic amines is 1. The molecule has 0 radical (unpaired) electrons. The molecule has 0 saturated heterocycles. The van der Waals surface area contributed by atoms with Gasteiger partial charge in [0.1, 0.15) is 0 Å². The van der Waals surface area contributed by atoms with Crippen LogP contribution in [-0.2, 0) is 4.74 Å². The number of aromatic nitrogens is 2. The van der Waals surface area contributed by atoms with Crippen LogP contribution in [0.1, 0.15) is 18.0 Å². The van der Waals surface area contributed by atoms with Gasteiger partial charge in [-0.2, -0.15) is 0 Å². The first-order valence-electron chi connectivity index (χ1n) is 5.44. The number of hydrogen-bond acceptors (Lipinski definition) is 3. The Kier molecular flexibility index (Phi) is 3.60. The van der Waals surface area contributed by atoms with Gasteiger partial charge in [-0.05, 0) is 6.92 Å². The Hall–Kier alpha value is -1.19. The lowest BCUT2D eigenvalue weighted by atomic mass is 10.2. The van der Waals surface area contributed by atoms with Gasteiger partial charge in [0.25, 0.3) is 5.56 Å². The molecule has 17 heavy (non-hydrogen) atoms. The molecule has 0 fully saturated rings. The molecule has 0 amide bonds. The van der Waals surface area contributed by atoms with Crippen molar-refractivity contribution in [2.45, 2.75) is 25.5 Å². The first kappa shape index (κ1) is 12.3. The molecule has 1 aromatic heterocycles. The summed E-state index contributed by atoms with van der Waals surface area (Å²) in [6.07, 6.45) is 6.81. The van der Waals surface area contributed by atoms with E-state index in [1.165, 1.54) is 0 Å². The second-order valence-electron chi connectivity index (χ2n) is 4.04. The standard InChI is InChI=1S/C11H15N2O3P/c1-7-5-13(11(15)12-10(7)14)8-2-3-9(4-8)16-6-17/h2-3,5,8-9H,4,6,17H2,1H3,(H,12,14,15). The molecule has 2 rings (SSSR count). The first-order chi connectivity index (χ1) is 8.11. The Balaban J connectivity index is 2.26. The predicted molar refractivity (Wildman–Crippen MR) is 68.3 cm³/mol. The highest BCUT2D eigenvalue weighted by molar-refractivity contribution is 7.16. The smallest absolute Gasteiger partial charge is 0.328 e. The molecule has 0 aromatic carbocycles. The highest BCUT2D eigenvalue weighted by atomic mass is 31.0. The van der Waals surface area contributed by atoms with E-state index < -0.39 is 0 Å². The molecule has 1 N–H and O–H groups in total. The van der Waals surface area contributed by atoms with Gasteiger partial charge in [0, 0.05) is 18.2 Å². The lowest BCUT2D eigenvalue weighted by Gasteiger charge is -2.14. The summed E-state index contributed by atoms with van der Waals surface area (Å²) < 4.78 is 6.98. The zero-order valence-electron chi connectivity index (χ0n) is 9.55. The Labute approximate surface area is 101 Å². The fraction of sp³-hybridized carbons (Fsp3) is 0.455. The minimum Gasteiger partial charge on any atom is -0.370 e. The van der Waals surface area contributed by atoms with Gasteiger partial charge in [-0.1, -0.05) is 12.2 Å². The van der Waals surface area contributed by atoms with E-state index in [4.69, 9.17) is 4.74 Å². The average molecular weight is 254 g/mol. The van der Waals surface area contributed by atoms with Crippen molar-refractivity contribution in [2.75, 3.05) is 6.35 Å². The van der Waals surface area contributed by atoms with Crippen molar-refractivity contribution in [2.24, 2.45) is 0 Å². The molecule has 3 atom stereocenters. The SMILES string of the molecule is Cc1cn(C2C=CC(OCP)C2)c(=O)[nH]c1=O. The number of nitrogens with zero attached hydrogens (tertiary/aromatic N) is 1. The van der Waals surface area contributed by atoms with Gasteiger partial charge < -0.3 is 4.74 Å². The number of aryl methyl sites for hydroxylation is 1. The van der Waals surface area contributed by atoms with Crippen LogP contribution in [0, 0.1) is 6.92 Å². The van der Waals surface area contributed by atoms with Crippen LogP contribution in [0.25, 0.3) is 0 Å². The van der Waals surface area contributed by atoms with E-state index in [-0.39, 0.29) is 23.4 Å². The average Bonchev–Trinajstić information content (AvgIpc) is 2.72. The molecule has 1 aliphatic rings. The number of hydrogen-bond donors (Lipinski definition) is 1. The van der Waals surface area contributed by atoms with Crippen LogP contribution < -0.4 is 11.2 Å². The molecule has 3 unspecified atom stereocenters. The molecule has 1 aliphatic carbocycles. The normalized spacial score (nSPS) is 23.2. The van der Waals surface area contributed by atoms with Crippen LogP contribution in [0.4, 0.5) is 0 Å². The van der Waals surface area contributed by atoms with Crippen molar-refractivity contribution in [3.8, 4) is 0 Å². The minimum absolute atomic E-state index is 0.0386. The summed E-state index contributed by atoms with van der Waals surface area (Å²) in [5.41, 5.74) is -0.166. The van der Waals surface area contributed by atoms with Crippen molar-refractivity contribution in [3.05, 3.63) is 44.8 Å². The minimum atomic E-state index is -0.373. The second kappa shape index (κ2) is 4.98. The van der Waals surface area contributed by atoms with Gasteiger partial charge >= 0.3 is 5.69 Å². The fourth-order valence-electron chi connectivity index (χ4n) is 1.93. The number of nitrogens with one attached hydrogen (secondary N) is 1. The maximum Gasteiger partial charge on any atom is 0.328 e. The lowest BCUT2D eigenvalue weighted by Crippen LogP contribution is -2.32. The molecular weight excluding hydrogens is 239 g/mol. The maximum absolute atomic E-state index is 11.7. The molecule has 5 nitrogen and oxygen atoms in total. The Morgan fingerprint density at radius 3 is 3.00 bits per heavy atom. The van der Waals surface area contributed by atoms with Gasteiger partial charge in [-0.15, -0.1) is 9.24 Å². The first-order valence-corrected chi connectivity index (χ1v) is 6.25. The van der Waals surface area contributed by atoms with E-state index in [1.807, 2.05) is 12.2 Å². The number of allylic oxidation sites excluding steroid dienone is 1. The molecular formula is C11H15N2O3P. The van der Waals surface area contributed by atoms with Crippen LogP contribution in [0.5, 0.6) is 0 Å². The Morgan fingerprint density at radius 2 is 2.29 bits per heavy atom. The third-order valence-corrected chi connectivity index (χ3v) is 3.03. The lowest BCUT2D eigenvalue weighted by molar-refractivity contribution is 0.119. The summed E-state index contributed by atoms with van der Waals surface area (Å²) in [6.45, 7) is 1.68. The summed E-state index contributed by atoms with van der Waals surface area (Å²) in [5, 5.41) is 0. The van der Waals surface area contributed by atoms with Gasteiger partial charge in [0.15, 0.2) is 0 Å². The molecule has 0 saturated carbocycles.